The quantitative estimate of drug-likeness (QED) is 0.670. The van der Waals surface area contributed by atoms with Crippen molar-refractivity contribution >= 4 is 23.0 Å². The summed E-state index contributed by atoms with van der Waals surface area (Å²) in [4.78, 5) is 22.4. The molecule has 2 N–H and O–H groups in total. The van der Waals surface area contributed by atoms with E-state index in [-0.39, 0.29) is 17.5 Å². The Kier molecular flexibility index (Phi) is 3.27. The van der Waals surface area contributed by atoms with Crippen LogP contribution in [0.25, 0.3) is 0 Å². The van der Waals surface area contributed by atoms with Crippen molar-refractivity contribution in [3.05, 3.63) is 64.2 Å². The van der Waals surface area contributed by atoms with Crippen molar-refractivity contribution in [2.45, 2.75) is 5.92 Å². The topological polar surface area (TPSA) is 84.3 Å². The number of carbonyl (C=O) groups is 1. The van der Waals surface area contributed by atoms with E-state index < -0.39 is 4.92 Å². The summed E-state index contributed by atoms with van der Waals surface area (Å²) in [5, 5.41) is 16.6. The van der Waals surface area contributed by atoms with Crippen molar-refractivity contribution in [2.75, 3.05) is 17.2 Å². The van der Waals surface area contributed by atoms with Crippen LogP contribution in [0.4, 0.5) is 17.1 Å². The van der Waals surface area contributed by atoms with Gasteiger partial charge in [-0.15, -0.1) is 0 Å². The van der Waals surface area contributed by atoms with E-state index in [4.69, 9.17) is 0 Å². The van der Waals surface area contributed by atoms with Crippen LogP contribution in [0, 0.1) is 10.1 Å². The van der Waals surface area contributed by atoms with Crippen LogP contribution < -0.4 is 10.6 Å². The van der Waals surface area contributed by atoms with Gasteiger partial charge in [-0.25, -0.2) is 0 Å². The second kappa shape index (κ2) is 5.24. The van der Waals surface area contributed by atoms with Crippen molar-refractivity contribution in [1.29, 1.82) is 0 Å². The number of fused-ring (bicyclic) bond motifs is 1. The number of nitrogens with one attached hydrogen (secondary N) is 2. The molecule has 1 heterocycles. The highest BCUT2D eigenvalue weighted by Gasteiger charge is 2.28. The van der Waals surface area contributed by atoms with E-state index in [1.165, 1.54) is 24.3 Å². The molecule has 1 aliphatic heterocycles. The number of amides is 1. The number of hydrogen-bond donors (Lipinski definition) is 2. The summed E-state index contributed by atoms with van der Waals surface area (Å²) < 4.78 is 0. The molecule has 1 amide bonds. The Bertz CT molecular complexity index is 698. The lowest BCUT2D eigenvalue weighted by Crippen LogP contribution is -2.22. The third kappa shape index (κ3) is 2.55. The number of hydrogen-bond acceptors (Lipinski definition) is 4. The van der Waals surface area contributed by atoms with Gasteiger partial charge in [0.05, 0.1) is 10.8 Å². The number of carbonyl (C=O) groups excluding carboxylic acids is 1. The van der Waals surface area contributed by atoms with Crippen LogP contribution in [-0.2, 0) is 4.79 Å². The molecule has 2 aromatic carbocycles. The maximum atomic E-state index is 12.3. The fraction of sp³-hybridized carbons (Fsp3) is 0.133. The Labute approximate surface area is 120 Å². The molecule has 2 aromatic rings. The van der Waals surface area contributed by atoms with E-state index in [0.717, 1.165) is 11.3 Å². The highest BCUT2D eigenvalue weighted by molar-refractivity contribution is 5.98. The van der Waals surface area contributed by atoms with E-state index in [0.29, 0.717) is 12.2 Å². The van der Waals surface area contributed by atoms with E-state index >= 15 is 0 Å². The van der Waals surface area contributed by atoms with E-state index in [2.05, 4.69) is 10.6 Å². The maximum Gasteiger partial charge on any atom is 0.269 e. The summed E-state index contributed by atoms with van der Waals surface area (Å²) in [7, 11) is 0. The number of benzene rings is 2. The maximum absolute atomic E-state index is 12.3. The van der Waals surface area contributed by atoms with E-state index in [1.54, 1.807) is 0 Å². The van der Waals surface area contributed by atoms with Crippen LogP contribution in [0.2, 0.25) is 0 Å². The Morgan fingerprint density at radius 3 is 2.62 bits per heavy atom. The molecule has 0 spiro atoms. The Morgan fingerprint density at radius 2 is 1.90 bits per heavy atom. The van der Waals surface area contributed by atoms with Gasteiger partial charge < -0.3 is 10.6 Å². The summed E-state index contributed by atoms with van der Waals surface area (Å²) in [6, 6.07) is 13.5. The minimum atomic E-state index is -0.470. The number of nitro groups is 1. The number of non-ortho nitro benzene ring substituents is 1. The minimum Gasteiger partial charge on any atom is -0.384 e. The van der Waals surface area contributed by atoms with Crippen LogP contribution in [0.5, 0.6) is 0 Å². The first-order valence-corrected chi connectivity index (χ1v) is 6.53. The van der Waals surface area contributed by atoms with Crippen molar-refractivity contribution < 1.29 is 9.72 Å². The molecule has 6 nitrogen and oxygen atoms in total. The normalized spacial score (nSPS) is 15.9. The smallest absolute Gasteiger partial charge is 0.269 e. The first kappa shape index (κ1) is 13.1. The van der Waals surface area contributed by atoms with Crippen LogP contribution >= 0.6 is 0 Å². The molecule has 21 heavy (non-hydrogen) atoms. The van der Waals surface area contributed by atoms with Gasteiger partial charge in [-0.1, -0.05) is 18.2 Å². The van der Waals surface area contributed by atoms with Gasteiger partial charge >= 0.3 is 0 Å². The SMILES string of the molecule is O=C(Nc1ccc([N+](=O)[O-])cc1)C1CNc2ccccc21. The first-order valence-electron chi connectivity index (χ1n) is 6.53. The molecule has 0 saturated carbocycles. The molecular formula is C15H13N3O3. The molecule has 0 fully saturated rings. The van der Waals surface area contributed by atoms with Crippen molar-refractivity contribution in [3.63, 3.8) is 0 Å². The molecule has 0 bridgehead atoms. The zero-order chi connectivity index (χ0) is 14.8. The lowest BCUT2D eigenvalue weighted by molar-refractivity contribution is -0.384. The lowest BCUT2D eigenvalue weighted by atomic mass is 10.0. The van der Waals surface area contributed by atoms with Crippen LogP contribution in [-0.4, -0.2) is 17.4 Å². The number of anilines is 2. The van der Waals surface area contributed by atoms with Crippen LogP contribution in [0.15, 0.2) is 48.5 Å². The molecule has 1 aliphatic rings. The van der Waals surface area contributed by atoms with Crippen molar-refractivity contribution in [3.8, 4) is 0 Å². The average Bonchev–Trinajstić information content (AvgIpc) is 2.92. The van der Waals surface area contributed by atoms with Gasteiger partial charge in [-0.05, 0) is 23.8 Å². The standard InChI is InChI=1S/C15H13N3O3/c19-15(13-9-16-14-4-2-1-3-12(13)14)17-10-5-7-11(8-6-10)18(20)21/h1-8,13,16H,9H2,(H,17,19). The Balaban J connectivity index is 1.74. The fourth-order valence-corrected chi connectivity index (χ4v) is 2.41. The van der Waals surface area contributed by atoms with Gasteiger partial charge in [-0.2, -0.15) is 0 Å². The second-order valence-electron chi connectivity index (χ2n) is 4.81. The predicted octanol–water partition coefficient (Wildman–Crippen LogP) is 2.74. The van der Waals surface area contributed by atoms with Gasteiger partial charge in [-0.3, -0.25) is 14.9 Å². The predicted molar refractivity (Wildman–Crippen MR) is 79.4 cm³/mol. The van der Waals surface area contributed by atoms with Crippen LogP contribution in [0.1, 0.15) is 11.5 Å². The summed E-state index contributed by atoms with van der Waals surface area (Å²) in [5.41, 5.74) is 2.49. The highest BCUT2D eigenvalue weighted by atomic mass is 16.6. The van der Waals surface area contributed by atoms with Crippen molar-refractivity contribution in [1.82, 2.24) is 0 Å². The lowest BCUT2D eigenvalue weighted by Gasteiger charge is -2.11. The number of rotatable bonds is 3. The number of nitrogens with zero attached hydrogens (tertiary/aromatic N) is 1. The molecular weight excluding hydrogens is 270 g/mol. The summed E-state index contributed by atoms with van der Waals surface area (Å²) in [6.07, 6.45) is 0. The third-order valence-corrected chi connectivity index (χ3v) is 3.49. The first-order chi connectivity index (χ1) is 10.1. The Hall–Kier alpha value is -2.89. The Morgan fingerprint density at radius 1 is 1.19 bits per heavy atom. The molecule has 0 aliphatic carbocycles. The summed E-state index contributed by atoms with van der Waals surface area (Å²) in [5.74, 6) is -0.377. The van der Waals surface area contributed by atoms with Crippen LogP contribution in [0.3, 0.4) is 0 Å². The summed E-state index contributed by atoms with van der Waals surface area (Å²) >= 11 is 0. The highest BCUT2D eigenvalue weighted by Crippen LogP contribution is 2.31. The third-order valence-electron chi connectivity index (χ3n) is 3.49. The average molecular weight is 283 g/mol. The monoisotopic (exact) mass is 283 g/mol. The zero-order valence-corrected chi connectivity index (χ0v) is 11.1. The van der Waals surface area contributed by atoms with E-state index in [1.807, 2.05) is 24.3 Å². The summed E-state index contributed by atoms with van der Waals surface area (Å²) in [6.45, 7) is 0.554. The molecule has 3 rings (SSSR count). The zero-order valence-electron chi connectivity index (χ0n) is 11.1. The molecule has 6 heteroatoms. The van der Waals surface area contributed by atoms with Crippen molar-refractivity contribution in [2.24, 2.45) is 0 Å². The van der Waals surface area contributed by atoms with Gasteiger partial charge in [0.1, 0.15) is 0 Å². The largest absolute Gasteiger partial charge is 0.384 e. The molecule has 0 saturated heterocycles. The molecule has 0 aromatic heterocycles. The number of para-hydroxylation sites is 1. The van der Waals surface area contributed by atoms with Gasteiger partial charge in [0.2, 0.25) is 5.91 Å². The fourth-order valence-electron chi connectivity index (χ4n) is 2.41. The van der Waals surface area contributed by atoms with Gasteiger partial charge in [0.25, 0.3) is 5.69 Å². The second-order valence-corrected chi connectivity index (χ2v) is 4.81. The molecule has 106 valence electrons. The van der Waals surface area contributed by atoms with Gasteiger partial charge in [0, 0.05) is 30.1 Å². The molecule has 1 atom stereocenters. The number of nitro benzene ring substituents is 1. The van der Waals surface area contributed by atoms with Gasteiger partial charge in [0.15, 0.2) is 0 Å². The molecule has 1 unspecified atom stereocenters. The minimum absolute atomic E-state index is 0.000813. The molecule has 0 radical (unpaired) electrons. The van der Waals surface area contributed by atoms with E-state index in [9.17, 15) is 14.9 Å².